The van der Waals surface area contributed by atoms with Crippen molar-refractivity contribution in [3.8, 4) is 0 Å². The molecule has 0 radical (unpaired) electrons. The van der Waals surface area contributed by atoms with Crippen molar-refractivity contribution in [2.45, 2.75) is 18.8 Å². The summed E-state index contributed by atoms with van der Waals surface area (Å²) in [4.78, 5) is 0. The van der Waals surface area contributed by atoms with Crippen LogP contribution in [0.4, 0.5) is 0 Å². The molecule has 0 bridgehead atoms. The Kier molecular flexibility index (Phi) is 0.684. The number of hydrogen-bond donors (Lipinski definition) is 0. The maximum atomic E-state index is 2.50. The van der Waals surface area contributed by atoms with Gasteiger partial charge in [-0.25, -0.2) is 0 Å². The van der Waals surface area contributed by atoms with E-state index in [1.165, 1.54) is 0 Å². The SMILES string of the molecule is C[SiH]1C[SiH]1C. The van der Waals surface area contributed by atoms with Crippen molar-refractivity contribution in [3.05, 3.63) is 0 Å². The molecule has 0 aromatic rings. The average Bonchev–Trinajstić information content (AvgIpc) is 1.79. The van der Waals surface area contributed by atoms with Crippen molar-refractivity contribution in [2.24, 2.45) is 0 Å². The highest BCUT2D eigenvalue weighted by Gasteiger charge is 2.29. The minimum atomic E-state index is 0.156. The lowest BCUT2D eigenvalue weighted by Gasteiger charge is -1.62. The first-order valence-corrected chi connectivity index (χ1v) is 8.91. The Morgan fingerprint density at radius 3 is 1.40 bits per heavy atom. The van der Waals surface area contributed by atoms with Crippen LogP contribution in [0.15, 0.2) is 0 Å². The van der Waals surface area contributed by atoms with Gasteiger partial charge in [0.1, 0.15) is 0 Å². The minimum absolute atomic E-state index is 0.156. The van der Waals surface area contributed by atoms with Crippen LogP contribution in [0.2, 0.25) is 18.8 Å². The fourth-order valence-corrected chi connectivity index (χ4v) is 9.47. The molecule has 2 heteroatoms. The van der Waals surface area contributed by atoms with Gasteiger partial charge >= 0.3 is 0 Å². The summed E-state index contributed by atoms with van der Waals surface area (Å²) in [5.74, 6) is 0. The van der Waals surface area contributed by atoms with E-state index in [-0.39, 0.29) is 16.6 Å². The zero-order chi connectivity index (χ0) is 3.86. The van der Waals surface area contributed by atoms with Crippen molar-refractivity contribution in [1.82, 2.24) is 0 Å². The van der Waals surface area contributed by atoms with Gasteiger partial charge in [0, 0.05) is 16.6 Å². The van der Waals surface area contributed by atoms with E-state index in [0.29, 0.717) is 0 Å². The van der Waals surface area contributed by atoms with Gasteiger partial charge in [-0.05, 0) is 0 Å². The highest BCUT2D eigenvalue weighted by atomic mass is 29.3. The van der Waals surface area contributed by atoms with Crippen LogP contribution < -0.4 is 0 Å². The third-order valence-electron chi connectivity index (χ3n) is 1.51. The van der Waals surface area contributed by atoms with Gasteiger partial charge < -0.3 is 0 Å². The van der Waals surface area contributed by atoms with E-state index in [2.05, 4.69) is 13.1 Å². The molecule has 1 rings (SSSR count). The van der Waals surface area contributed by atoms with E-state index >= 15 is 0 Å². The first-order valence-electron chi connectivity index (χ1n) is 2.30. The van der Waals surface area contributed by atoms with Crippen molar-refractivity contribution >= 4 is 16.6 Å². The van der Waals surface area contributed by atoms with Gasteiger partial charge in [0.15, 0.2) is 0 Å². The summed E-state index contributed by atoms with van der Waals surface area (Å²) in [7, 11) is 0.312. The largest absolute Gasteiger partial charge is 0.0743 e. The third-order valence-corrected chi connectivity index (χ3v) is 13.6. The van der Waals surface area contributed by atoms with Crippen LogP contribution in [-0.2, 0) is 0 Å². The molecule has 1 fully saturated rings. The number of rotatable bonds is 0. The van der Waals surface area contributed by atoms with E-state index in [1.807, 2.05) is 0 Å². The van der Waals surface area contributed by atoms with Gasteiger partial charge in [-0.2, -0.15) is 0 Å². The van der Waals surface area contributed by atoms with Gasteiger partial charge in [0.25, 0.3) is 0 Å². The molecule has 0 aromatic carbocycles. The zero-order valence-corrected chi connectivity index (χ0v) is 6.17. The van der Waals surface area contributed by atoms with Crippen LogP contribution in [0.1, 0.15) is 0 Å². The molecule has 1 heterocycles. The highest BCUT2D eigenvalue weighted by Crippen LogP contribution is 2.16. The van der Waals surface area contributed by atoms with E-state index in [4.69, 9.17) is 0 Å². The predicted octanol–water partition coefficient (Wildman–Crippen LogP) is 0.331. The summed E-state index contributed by atoms with van der Waals surface area (Å²) in [5, 5.41) is 0. The second-order valence-corrected chi connectivity index (χ2v) is 14.8. The maximum Gasteiger partial charge on any atom is 0.0213 e. The van der Waals surface area contributed by atoms with Gasteiger partial charge in [-0.3, -0.25) is 0 Å². The summed E-state index contributed by atoms with van der Waals surface area (Å²) in [6, 6.07) is 0. The van der Waals surface area contributed by atoms with Gasteiger partial charge in [0.05, 0.1) is 0 Å². The van der Waals surface area contributed by atoms with Gasteiger partial charge in [-0.1, -0.05) is 18.8 Å². The Labute approximate surface area is 36.2 Å². The first-order chi connectivity index (χ1) is 2.30. The fraction of sp³-hybridized carbons (Fsp3) is 1.00. The molecule has 0 aliphatic carbocycles. The van der Waals surface area contributed by atoms with Crippen molar-refractivity contribution in [2.75, 3.05) is 0 Å². The van der Waals surface area contributed by atoms with Crippen molar-refractivity contribution < 1.29 is 0 Å². The zero-order valence-electron chi connectivity index (χ0n) is 3.86. The smallest absolute Gasteiger partial charge is 0.0213 e. The van der Waals surface area contributed by atoms with Crippen LogP contribution in [0.25, 0.3) is 0 Å². The normalized spacial score (nSPS) is 49.2. The van der Waals surface area contributed by atoms with Gasteiger partial charge in [0.2, 0.25) is 0 Å². The van der Waals surface area contributed by atoms with Crippen molar-refractivity contribution in [3.63, 3.8) is 0 Å². The molecule has 2 unspecified atom stereocenters. The third kappa shape index (κ3) is 0.634. The van der Waals surface area contributed by atoms with Crippen LogP contribution in [0, 0.1) is 0 Å². The summed E-state index contributed by atoms with van der Waals surface area (Å²) in [6.45, 7) is 4.99. The fourth-order valence-electron chi connectivity index (χ4n) is 0.508. The van der Waals surface area contributed by atoms with Crippen LogP contribution in [0.3, 0.4) is 0 Å². The highest BCUT2D eigenvalue weighted by molar-refractivity contribution is 7.39. The van der Waals surface area contributed by atoms with E-state index < -0.39 is 0 Å². The predicted molar refractivity (Wildman–Crippen MR) is 30.8 cm³/mol. The summed E-state index contributed by atoms with van der Waals surface area (Å²) in [6.07, 6.45) is 0. The molecule has 1 aliphatic rings. The molecule has 1 aliphatic heterocycles. The van der Waals surface area contributed by atoms with E-state index in [9.17, 15) is 0 Å². The molecule has 30 valence electrons. The Balaban J connectivity index is 2.20. The van der Waals surface area contributed by atoms with Crippen LogP contribution >= 0.6 is 0 Å². The monoisotopic (exact) mass is 102 g/mol. The van der Waals surface area contributed by atoms with Crippen molar-refractivity contribution in [1.29, 1.82) is 0 Å². The lowest BCUT2D eigenvalue weighted by Crippen LogP contribution is -1.86. The second-order valence-electron chi connectivity index (χ2n) is 2.19. The molecule has 0 spiro atoms. The minimum Gasteiger partial charge on any atom is -0.0743 e. The molecule has 2 atom stereocenters. The Bertz CT molecular complexity index is 38.2. The Hall–Kier alpha value is 0.434. The quantitative estimate of drug-likeness (QED) is 0.387. The van der Waals surface area contributed by atoms with Crippen LogP contribution in [-0.4, -0.2) is 16.6 Å². The van der Waals surface area contributed by atoms with Crippen LogP contribution in [0.5, 0.6) is 0 Å². The molecule has 0 nitrogen and oxygen atoms in total. The summed E-state index contributed by atoms with van der Waals surface area (Å²) >= 11 is 0. The Morgan fingerprint density at radius 1 is 1.20 bits per heavy atom. The molecule has 1 saturated heterocycles. The molecular weight excluding hydrogens is 92.2 g/mol. The lowest BCUT2D eigenvalue weighted by molar-refractivity contribution is 2.06. The summed E-state index contributed by atoms with van der Waals surface area (Å²) in [5.41, 5.74) is 1.75. The first kappa shape index (κ1) is 3.62. The molecule has 0 amide bonds. The van der Waals surface area contributed by atoms with E-state index in [0.717, 1.165) is 0 Å². The lowest BCUT2D eigenvalue weighted by atomic mass is 11.8. The Morgan fingerprint density at radius 2 is 1.40 bits per heavy atom. The molecular formula is C3H10Si2. The molecule has 0 aromatic heterocycles. The second kappa shape index (κ2) is 0.946. The maximum absolute atomic E-state index is 2.50. The summed E-state index contributed by atoms with van der Waals surface area (Å²) < 4.78 is 0. The number of hydrogen-bond acceptors (Lipinski definition) is 0. The topological polar surface area (TPSA) is 0 Å². The molecule has 5 heavy (non-hydrogen) atoms. The standard InChI is InChI=1S/C3H10Si2/c1-4-3-5(4)2/h4-5H,3H2,1-2H3. The average molecular weight is 102 g/mol. The molecule has 0 saturated carbocycles. The van der Waals surface area contributed by atoms with Gasteiger partial charge in [-0.15, -0.1) is 0 Å². The van der Waals surface area contributed by atoms with E-state index in [1.54, 1.807) is 5.67 Å². The molecule has 0 N–H and O–H groups in total.